The summed E-state index contributed by atoms with van der Waals surface area (Å²) >= 11 is 14.3. The van der Waals surface area contributed by atoms with Gasteiger partial charge in [0.15, 0.2) is 5.82 Å². The smallest absolute Gasteiger partial charge is 0.407 e. The third-order valence-electron chi connectivity index (χ3n) is 10.8. The zero-order valence-electron chi connectivity index (χ0n) is 26.8. The van der Waals surface area contributed by atoms with E-state index in [1.807, 2.05) is 18.4 Å². The number of amides is 3. The van der Waals surface area contributed by atoms with E-state index < -0.39 is 43.0 Å². The Balaban J connectivity index is 1.39. The molecular weight excluding hydrogens is 712 g/mol. The van der Waals surface area contributed by atoms with Gasteiger partial charge in [0.05, 0.1) is 52.8 Å². The Morgan fingerprint density at radius 3 is 2.64 bits per heavy atom. The molecule has 1 aliphatic carbocycles. The lowest BCUT2D eigenvalue weighted by atomic mass is 9.79. The van der Waals surface area contributed by atoms with Crippen molar-refractivity contribution in [1.82, 2.24) is 24.3 Å². The zero-order valence-corrected chi connectivity index (χ0v) is 29.1. The van der Waals surface area contributed by atoms with Crippen LogP contribution in [0.3, 0.4) is 0 Å². The molecule has 4 aromatic rings. The molecule has 50 heavy (non-hydrogen) atoms. The Morgan fingerprint density at radius 1 is 1.18 bits per heavy atom. The summed E-state index contributed by atoms with van der Waals surface area (Å²) in [6.07, 6.45) is 3.06. The van der Waals surface area contributed by atoms with Crippen LogP contribution in [0.5, 0.6) is 0 Å². The molecule has 2 bridgehead atoms. The standard InChI is InChI=1S/C35H31Cl2F3N6O3S/c1-50-32-21-13-24(23-8-4-10-44(23)33(47)43-15-35(39,40)16-43)46(30-18-12-25(30)45(14-18)34(48)49)31(21)20-11-17(5-3-9-41)26(28(38)29(20)42-32)19-6-2-7-22(36)27(19)37/h2,6-7,11,13,18,23,25,30H,3-5,8,10,12,14-16H2,1H3,(H,48,49)/t18-,23-,25-,30+/m1/s1. The van der Waals surface area contributed by atoms with E-state index >= 15 is 4.39 Å². The van der Waals surface area contributed by atoms with Gasteiger partial charge >= 0.3 is 12.1 Å². The Bertz CT molecular complexity index is 2150. The van der Waals surface area contributed by atoms with Crippen LogP contribution >= 0.6 is 35.0 Å². The molecule has 0 unspecified atom stereocenters. The summed E-state index contributed by atoms with van der Waals surface area (Å²) in [5.41, 5.74) is 2.62. The van der Waals surface area contributed by atoms with Gasteiger partial charge in [-0.2, -0.15) is 5.26 Å². The molecule has 9 nitrogen and oxygen atoms in total. The predicted octanol–water partition coefficient (Wildman–Crippen LogP) is 8.61. The molecule has 5 fully saturated rings. The van der Waals surface area contributed by atoms with E-state index in [-0.39, 0.29) is 52.0 Å². The van der Waals surface area contributed by atoms with Gasteiger partial charge in [0.1, 0.15) is 10.5 Å². The van der Waals surface area contributed by atoms with Gasteiger partial charge < -0.3 is 24.4 Å². The lowest BCUT2D eigenvalue weighted by Gasteiger charge is -2.43. The number of alkyl halides is 2. The van der Waals surface area contributed by atoms with Crippen LogP contribution in [-0.4, -0.2) is 85.9 Å². The van der Waals surface area contributed by atoms with Crippen molar-refractivity contribution in [3.8, 4) is 17.2 Å². The van der Waals surface area contributed by atoms with Crippen molar-refractivity contribution in [3.05, 3.63) is 57.5 Å². The van der Waals surface area contributed by atoms with Gasteiger partial charge in [-0.1, -0.05) is 35.3 Å². The number of likely N-dealkylation sites (tertiary alicyclic amines) is 2. The first-order valence-electron chi connectivity index (χ1n) is 16.4. The minimum atomic E-state index is -2.91. The van der Waals surface area contributed by atoms with Crippen LogP contribution in [0.15, 0.2) is 35.4 Å². The molecule has 9 rings (SSSR count). The van der Waals surface area contributed by atoms with Gasteiger partial charge in [0, 0.05) is 53.0 Å². The first-order chi connectivity index (χ1) is 23.9. The summed E-state index contributed by atoms with van der Waals surface area (Å²) in [4.78, 5) is 35.0. The van der Waals surface area contributed by atoms with Crippen molar-refractivity contribution in [1.29, 1.82) is 5.26 Å². The number of fused-ring (bicyclic) bond motifs is 4. The first-order valence-corrected chi connectivity index (χ1v) is 18.4. The van der Waals surface area contributed by atoms with E-state index in [9.17, 15) is 28.7 Å². The summed E-state index contributed by atoms with van der Waals surface area (Å²) in [5, 5.41) is 21.8. The highest BCUT2D eigenvalue weighted by Gasteiger charge is 2.56. The molecule has 4 saturated heterocycles. The summed E-state index contributed by atoms with van der Waals surface area (Å²) < 4.78 is 46.9. The lowest BCUT2D eigenvalue weighted by molar-refractivity contribution is -0.114. The van der Waals surface area contributed by atoms with Gasteiger partial charge in [-0.25, -0.2) is 27.7 Å². The second-order valence-corrected chi connectivity index (χ2v) is 15.1. The van der Waals surface area contributed by atoms with Gasteiger partial charge in [-0.3, -0.25) is 0 Å². The molecule has 15 heteroatoms. The van der Waals surface area contributed by atoms with Crippen LogP contribution in [0.25, 0.3) is 32.9 Å². The number of urea groups is 1. The predicted molar refractivity (Wildman–Crippen MR) is 185 cm³/mol. The number of pyridine rings is 1. The molecule has 4 atom stereocenters. The fraction of sp³-hybridized carbons (Fsp3) is 0.429. The minimum absolute atomic E-state index is 0.0153. The van der Waals surface area contributed by atoms with E-state index in [4.69, 9.17) is 28.2 Å². The highest BCUT2D eigenvalue weighted by Crippen LogP contribution is 2.54. The molecule has 0 radical (unpaired) electrons. The van der Waals surface area contributed by atoms with Crippen molar-refractivity contribution < 1.29 is 27.9 Å². The van der Waals surface area contributed by atoms with Crippen LogP contribution in [0.1, 0.15) is 49.0 Å². The molecule has 1 N–H and O–H groups in total. The van der Waals surface area contributed by atoms with Crippen molar-refractivity contribution in [2.75, 3.05) is 32.4 Å². The fourth-order valence-electron chi connectivity index (χ4n) is 8.56. The number of aryl methyl sites for hydroxylation is 1. The minimum Gasteiger partial charge on any atom is -0.465 e. The molecule has 5 aliphatic rings. The Hall–Kier alpha value is -3.86. The third-order valence-corrected chi connectivity index (χ3v) is 12.3. The van der Waals surface area contributed by atoms with Gasteiger partial charge in [0.2, 0.25) is 0 Å². The average Bonchev–Trinajstić information content (AvgIpc) is 3.87. The molecule has 2 aromatic carbocycles. The number of halogens is 5. The number of carbonyl (C=O) groups excluding carboxylic acids is 1. The maximum absolute atomic E-state index is 17.2. The number of carboxylic acid groups (broad SMARTS) is 1. The van der Waals surface area contributed by atoms with Gasteiger partial charge in [0.25, 0.3) is 5.92 Å². The molecule has 1 saturated carbocycles. The van der Waals surface area contributed by atoms with Gasteiger partial charge in [-0.05, 0) is 55.7 Å². The summed E-state index contributed by atoms with van der Waals surface area (Å²) in [6.45, 7) is -0.533. The van der Waals surface area contributed by atoms with Crippen LogP contribution in [0.2, 0.25) is 10.0 Å². The number of nitrogens with zero attached hydrogens (tertiary/aromatic N) is 6. The van der Waals surface area contributed by atoms with Crippen LogP contribution < -0.4 is 0 Å². The number of hydrogen-bond donors (Lipinski definition) is 1. The number of benzene rings is 2. The molecule has 3 amide bonds. The van der Waals surface area contributed by atoms with E-state index in [0.717, 1.165) is 16.0 Å². The zero-order chi connectivity index (χ0) is 35.2. The Labute approximate surface area is 299 Å². The number of carbonyl (C=O) groups is 2. The topological polar surface area (TPSA) is 106 Å². The largest absolute Gasteiger partial charge is 0.465 e. The molecule has 2 aromatic heterocycles. The van der Waals surface area contributed by atoms with Gasteiger partial charge in [-0.15, -0.1) is 11.8 Å². The van der Waals surface area contributed by atoms with E-state index in [1.165, 1.54) is 16.7 Å². The maximum atomic E-state index is 17.2. The monoisotopic (exact) mass is 742 g/mol. The van der Waals surface area contributed by atoms with Crippen LogP contribution in [0, 0.1) is 23.1 Å². The molecule has 260 valence electrons. The number of nitriles is 1. The average molecular weight is 744 g/mol. The number of aromatic nitrogens is 2. The third kappa shape index (κ3) is 5.00. The summed E-state index contributed by atoms with van der Waals surface area (Å²) in [7, 11) is 0. The number of thioether (sulfide) groups is 1. The number of rotatable bonds is 6. The Morgan fingerprint density at radius 2 is 1.96 bits per heavy atom. The normalized spacial score (nSPS) is 23.7. The van der Waals surface area contributed by atoms with E-state index in [2.05, 4.69) is 10.6 Å². The lowest BCUT2D eigenvalue weighted by Crippen LogP contribution is -2.61. The first kappa shape index (κ1) is 33.3. The Kier molecular flexibility index (Phi) is 8.08. The second kappa shape index (κ2) is 12.1. The van der Waals surface area contributed by atoms with Crippen molar-refractivity contribution >= 4 is 68.9 Å². The second-order valence-electron chi connectivity index (χ2n) is 13.5. The molecule has 4 aliphatic heterocycles. The summed E-state index contributed by atoms with van der Waals surface area (Å²) in [5.74, 6) is -3.55. The molecule has 6 heterocycles. The summed E-state index contributed by atoms with van der Waals surface area (Å²) in [6, 6.07) is 9.37. The van der Waals surface area contributed by atoms with E-state index in [0.29, 0.717) is 59.4 Å². The van der Waals surface area contributed by atoms with Crippen molar-refractivity contribution in [3.63, 3.8) is 0 Å². The maximum Gasteiger partial charge on any atom is 0.407 e. The fourth-order valence-corrected chi connectivity index (χ4v) is 9.51. The molecule has 0 spiro atoms. The SMILES string of the molecule is CSc1nc2c(F)c(-c3cccc(Cl)c3Cl)c(CCC#N)cc2c2c1cc([C@H]1CCCN1C(=O)N1CC(F)(F)C1)n2[C@H]1[C@@H]2C[C@H]1N(C(=O)O)C2. The van der Waals surface area contributed by atoms with Crippen LogP contribution in [-0.2, 0) is 6.42 Å². The molecular formula is C35H31Cl2F3N6O3S. The van der Waals surface area contributed by atoms with Crippen molar-refractivity contribution in [2.24, 2.45) is 5.92 Å². The van der Waals surface area contributed by atoms with Crippen molar-refractivity contribution in [2.45, 2.75) is 61.2 Å². The quantitative estimate of drug-likeness (QED) is 0.199. The highest BCUT2D eigenvalue weighted by atomic mass is 35.5. The highest BCUT2D eigenvalue weighted by molar-refractivity contribution is 7.98. The van der Waals surface area contributed by atoms with E-state index in [1.54, 1.807) is 23.1 Å². The number of hydrogen-bond acceptors (Lipinski definition) is 5. The van der Waals surface area contributed by atoms with Crippen LogP contribution in [0.4, 0.5) is 22.8 Å².